The summed E-state index contributed by atoms with van der Waals surface area (Å²) in [6.45, 7) is 0. The van der Waals surface area contributed by atoms with Crippen LogP contribution >= 0.6 is 0 Å². The van der Waals surface area contributed by atoms with Gasteiger partial charge in [0, 0.05) is 11.1 Å². The van der Waals surface area contributed by atoms with E-state index in [0.29, 0.717) is 24.7 Å². The van der Waals surface area contributed by atoms with E-state index < -0.39 is 11.9 Å². The van der Waals surface area contributed by atoms with Crippen molar-refractivity contribution in [2.45, 2.75) is 76.0 Å². The smallest absolute Gasteiger partial charge is 0.339 e. The second kappa shape index (κ2) is 12.7. The van der Waals surface area contributed by atoms with E-state index in [9.17, 15) is 9.59 Å². The average Bonchev–Trinajstić information content (AvgIpc) is 3.88. The molecule has 8 rings (SSSR count). The normalized spacial score (nSPS) is 16.1. The first-order chi connectivity index (χ1) is 23.6. The van der Waals surface area contributed by atoms with E-state index in [4.69, 9.17) is 9.47 Å². The lowest BCUT2D eigenvalue weighted by Crippen LogP contribution is -2.23. The first-order valence-electron chi connectivity index (χ1n) is 17.7. The van der Waals surface area contributed by atoms with Gasteiger partial charge >= 0.3 is 11.9 Å². The molecule has 0 spiro atoms. The molecule has 5 aromatic carbocycles. The fourth-order valence-corrected chi connectivity index (χ4v) is 9.42. The van der Waals surface area contributed by atoms with Gasteiger partial charge in [0.1, 0.15) is 0 Å². The molecule has 0 heterocycles. The molecule has 0 atom stereocenters. The summed E-state index contributed by atoms with van der Waals surface area (Å²) in [5.74, 6) is -0.0144. The lowest BCUT2D eigenvalue weighted by molar-refractivity contribution is 0.0556. The number of fused-ring (bicyclic) bond motifs is 3. The minimum Gasteiger partial charge on any atom is -0.465 e. The monoisotopic (exact) mass is 634 g/mol. The first kappa shape index (κ1) is 30.6. The van der Waals surface area contributed by atoms with Crippen molar-refractivity contribution >= 4 is 22.7 Å². The maximum Gasteiger partial charge on any atom is 0.339 e. The van der Waals surface area contributed by atoms with E-state index in [2.05, 4.69) is 24.3 Å². The SMILES string of the molecule is COC(=O)c1c(C(=O)OC)c(-c2ccccc2)c2c(c1-c1ccccc1)Cc1c(c(C3CCCC3)c3ccccc3c1C1CCCC1)C2. The summed E-state index contributed by atoms with van der Waals surface area (Å²) in [6.07, 6.45) is 11.3. The van der Waals surface area contributed by atoms with Crippen molar-refractivity contribution in [3.63, 3.8) is 0 Å². The molecule has 0 bridgehead atoms. The summed E-state index contributed by atoms with van der Waals surface area (Å²) < 4.78 is 11.0. The molecule has 4 heteroatoms. The molecule has 2 saturated carbocycles. The maximum absolute atomic E-state index is 14.0. The molecule has 3 aliphatic rings. The standard InChI is InChI=1S/C44H42O4/c1-47-43(45)41-39(29-15-5-3-6-16-29)35-25-33-34(26-36(35)40(42(41)44(46)48-2)30-17-7-4-8-18-30)38(28-21-11-12-22-28)32-24-14-13-23-31(32)37(33)27-19-9-10-20-27/h3-8,13-18,23-24,27-28H,9-12,19-22,25-26H2,1-2H3. The van der Waals surface area contributed by atoms with Crippen molar-refractivity contribution in [2.24, 2.45) is 0 Å². The predicted octanol–water partition coefficient (Wildman–Crippen LogP) is 10.6. The number of rotatable bonds is 6. The van der Waals surface area contributed by atoms with Crippen LogP contribution in [0.1, 0.15) is 117 Å². The van der Waals surface area contributed by atoms with Gasteiger partial charge in [0.2, 0.25) is 0 Å². The van der Waals surface area contributed by atoms with E-state index in [1.807, 2.05) is 60.7 Å². The Balaban J connectivity index is 1.53. The van der Waals surface area contributed by atoms with E-state index in [0.717, 1.165) is 33.4 Å². The molecule has 2 fully saturated rings. The van der Waals surface area contributed by atoms with Crippen LogP contribution in [0.2, 0.25) is 0 Å². The number of carbonyl (C=O) groups excluding carboxylic acids is 2. The highest BCUT2D eigenvalue weighted by molar-refractivity contribution is 6.13. The summed E-state index contributed by atoms with van der Waals surface area (Å²) in [5.41, 5.74) is 12.1. The number of esters is 2. The number of methoxy groups -OCH3 is 2. The Bertz CT molecular complexity index is 1880. The molecule has 0 N–H and O–H groups in total. The largest absolute Gasteiger partial charge is 0.465 e. The molecule has 0 aliphatic heterocycles. The second-order valence-electron chi connectivity index (χ2n) is 13.8. The summed E-state index contributed by atoms with van der Waals surface area (Å²) in [6, 6.07) is 29.3. The number of ether oxygens (including phenoxy) is 2. The van der Waals surface area contributed by atoms with Crippen molar-refractivity contribution in [1.82, 2.24) is 0 Å². The Hall–Kier alpha value is -4.70. The molecule has 242 valence electrons. The van der Waals surface area contributed by atoms with E-state index in [-0.39, 0.29) is 11.1 Å². The highest BCUT2D eigenvalue weighted by Gasteiger charge is 2.38. The number of benzene rings is 5. The van der Waals surface area contributed by atoms with Crippen molar-refractivity contribution in [3.05, 3.63) is 129 Å². The minimum atomic E-state index is -0.527. The quantitative estimate of drug-likeness (QED) is 0.171. The highest BCUT2D eigenvalue weighted by atomic mass is 16.5. The van der Waals surface area contributed by atoms with E-state index in [1.165, 1.54) is 98.6 Å². The molecule has 5 aromatic rings. The average molecular weight is 635 g/mol. The van der Waals surface area contributed by atoms with Crippen LogP contribution in [0.5, 0.6) is 0 Å². The van der Waals surface area contributed by atoms with Crippen LogP contribution in [0.25, 0.3) is 33.0 Å². The Kier molecular flexibility index (Phi) is 8.12. The molecule has 0 unspecified atom stereocenters. The van der Waals surface area contributed by atoms with Gasteiger partial charge in [0.25, 0.3) is 0 Å². The third-order valence-electron chi connectivity index (χ3n) is 11.4. The third-order valence-corrected chi connectivity index (χ3v) is 11.4. The fourth-order valence-electron chi connectivity index (χ4n) is 9.42. The van der Waals surface area contributed by atoms with Crippen LogP contribution in [0, 0.1) is 0 Å². The fraction of sp³-hybridized carbons (Fsp3) is 0.318. The van der Waals surface area contributed by atoms with Gasteiger partial charge in [-0.3, -0.25) is 0 Å². The highest BCUT2D eigenvalue weighted by Crippen LogP contribution is 2.52. The molecule has 0 aromatic heterocycles. The Morgan fingerprint density at radius 1 is 0.500 bits per heavy atom. The van der Waals surface area contributed by atoms with Crippen molar-refractivity contribution in [1.29, 1.82) is 0 Å². The number of hydrogen-bond donors (Lipinski definition) is 0. The molecule has 0 radical (unpaired) electrons. The Labute approximate surface area is 283 Å². The van der Waals surface area contributed by atoms with Gasteiger partial charge in [-0.05, 0) is 106 Å². The summed E-state index contributed by atoms with van der Waals surface area (Å²) in [4.78, 5) is 28.0. The molecule has 3 aliphatic carbocycles. The molecular weight excluding hydrogens is 592 g/mol. The van der Waals surface area contributed by atoms with Crippen LogP contribution < -0.4 is 0 Å². The zero-order valence-corrected chi connectivity index (χ0v) is 27.9. The van der Waals surface area contributed by atoms with Gasteiger partial charge in [-0.15, -0.1) is 0 Å². The van der Waals surface area contributed by atoms with Gasteiger partial charge in [-0.2, -0.15) is 0 Å². The van der Waals surface area contributed by atoms with Crippen LogP contribution in [-0.4, -0.2) is 26.2 Å². The lowest BCUT2D eigenvalue weighted by Gasteiger charge is -2.35. The summed E-state index contributed by atoms with van der Waals surface area (Å²) in [7, 11) is 2.79. The van der Waals surface area contributed by atoms with Crippen LogP contribution in [0.15, 0.2) is 84.9 Å². The number of carbonyl (C=O) groups is 2. The molecule has 0 saturated heterocycles. The lowest BCUT2D eigenvalue weighted by atomic mass is 9.69. The molecular formula is C44H42O4. The predicted molar refractivity (Wildman–Crippen MR) is 192 cm³/mol. The third kappa shape index (κ3) is 4.96. The van der Waals surface area contributed by atoms with Crippen LogP contribution in [0.4, 0.5) is 0 Å². The van der Waals surface area contributed by atoms with Crippen molar-refractivity contribution < 1.29 is 19.1 Å². The van der Waals surface area contributed by atoms with Crippen molar-refractivity contribution in [2.75, 3.05) is 14.2 Å². The van der Waals surface area contributed by atoms with Crippen LogP contribution in [-0.2, 0) is 22.3 Å². The second-order valence-corrected chi connectivity index (χ2v) is 13.8. The van der Waals surface area contributed by atoms with Gasteiger partial charge < -0.3 is 9.47 Å². The van der Waals surface area contributed by atoms with Gasteiger partial charge in [-0.1, -0.05) is 111 Å². The molecule has 0 amide bonds. The van der Waals surface area contributed by atoms with E-state index >= 15 is 0 Å². The zero-order valence-electron chi connectivity index (χ0n) is 27.9. The summed E-state index contributed by atoms with van der Waals surface area (Å²) in [5, 5.41) is 2.83. The zero-order chi connectivity index (χ0) is 32.8. The number of hydrogen-bond acceptors (Lipinski definition) is 4. The minimum absolute atomic E-state index is 0.288. The Morgan fingerprint density at radius 2 is 0.854 bits per heavy atom. The van der Waals surface area contributed by atoms with E-state index in [1.54, 1.807) is 0 Å². The first-order valence-corrected chi connectivity index (χ1v) is 17.7. The van der Waals surface area contributed by atoms with Gasteiger partial charge in [0.15, 0.2) is 0 Å². The topological polar surface area (TPSA) is 52.6 Å². The van der Waals surface area contributed by atoms with Crippen LogP contribution in [0.3, 0.4) is 0 Å². The Morgan fingerprint density at radius 3 is 1.21 bits per heavy atom. The van der Waals surface area contributed by atoms with Gasteiger partial charge in [0.05, 0.1) is 25.3 Å². The van der Waals surface area contributed by atoms with Gasteiger partial charge in [-0.25, -0.2) is 9.59 Å². The summed E-state index contributed by atoms with van der Waals surface area (Å²) >= 11 is 0. The van der Waals surface area contributed by atoms with Crippen molar-refractivity contribution in [3.8, 4) is 22.3 Å². The molecule has 48 heavy (non-hydrogen) atoms. The maximum atomic E-state index is 14.0. The molecule has 4 nitrogen and oxygen atoms in total.